The van der Waals surface area contributed by atoms with Gasteiger partial charge in [-0.3, -0.25) is 10.9 Å². The molecule has 0 unspecified atom stereocenters. The number of benzene rings is 3. The lowest BCUT2D eigenvalue weighted by molar-refractivity contribution is 0.474. The van der Waals surface area contributed by atoms with Crippen molar-refractivity contribution in [2.75, 3.05) is 10.9 Å². The molecule has 0 radical (unpaired) electrons. The fraction of sp³-hybridized carbons (Fsp3) is 0. The number of hydrogen-bond acceptors (Lipinski definition) is 8. The summed E-state index contributed by atoms with van der Waals surface area (Å²) in [5, 5.41) is 37.9. The molecule has 0 aliphatic carbocycles. The topological polar surface area (TPSA) is 115 Å². The van der Waals surface area contributed by atoms with Gasteiger partial charge in [0, 0.05) is 21.9 Å². The van der Waals surface area contributed by atoms with E-state index in [2.05, 4.69) is 31.3 Å². The van der Waals surface area contributed by atoms with Crippen LogP contribution in [0.25, 0.3) is 10.8 Å². The Morgan fingerprint density at radius 1 is 0.600 bits per heavy atom. The Morgan fingerprint density at radius 2 is 1.00 bits per heavy atom. The summed E-state index contributed by atoms with van der Waals surface area (Å²) in [6.45, 7) is 0. The molecular formula is C22H18N6O2. The van der Waals surface area contributed by atoms with Gasteiger partial charge in [0.25, 0.3) is 0 Å². The number of nitrogens with zero attached hydrogens (tertiary/aromatic N) is 4. The lowest BCUT2D eigenvalue weighted by Crippen LogP contribution is -2.01. The second-order valence-electron chi connectivity index (χ2n) is 6.30. The van der Waals surface area contributed by atoms with Crippen LogP contribution in [0.15, 0.2) is 83.0 Å². The van der Waals surface area contributed by atoms with Gasteiger partial charge in [0.15, 0.2) is 11.6 Å². The summed E-state index contributed by atoms with van der Waals surface area (Å²) >= 11 is 0. The number of para-hydroxylation sites is 2. The quantitative estimate of drug-likeness (QED) is 0.289. The number of nitrogens with one attached hydrogen (secondary N) is 2. The summed E-state index contributed by atoms with van der Waals surface area (Å²) in [4.78, 5) is 0. The van der Waals surface area contributed by atoms with Gasteiger partial charge in [-0.15, -0.1) is 10.2 Å². The highest BCUT2D eigenvalue weighted by molar-refractivity contribution is 5.98. The van der Waals surface area contributed by atoms with E-state index >= 15 is 0 Å². The number of anilines is 2. The average Bonchev–Trinajstić information content (AvgIpc) is 2.77. The maximum absolute atomic E-state index is 9.81. The van der Waals surface area contributed by atoms with Crippen molar-refractivity contribution in [3.8, 4) is 11.5 Å². The largest absolute Gasteiger partial charge is 0.507 e. The molecule has 0 atom stereocenters. The zero-order valence-corrected chi connectivity index (χ0v) is 15.8. The first kappa shape index (κ1) is 18.9. The zero-order chi connectivity index (χ0) is 20.8. The molecule has 0 spiro atoms. The lowest BCUT2D eigenvalue weighted by atomic mass is 10.2. The van der Waals surface area contributed by atoms with Crippen LogP contribution in [-0.2, 0) is 0 Å². The second-order valence-corrected chi connectivity index (χ2v) is 6.30. The number of phenolic OH excluding ortho intramolecular Hbond substituents is 2. The highest BCUT2D eigenvalue weighted by atomic mass is 16.3. The van der Waals surface area contributed by atoms with E-state index in [1.807, 2.05) is 36.4 Å². The van der Waals surface area contributed by atoms with Crippen LogP contribution in [-0.4, -0.2) is 32.8 Å². The Labute approximate surface area is 172 Å². The van der Waals surface area contributed by atoms with E-state index in [0.29, 0.717) is 22.8 Å². The van der Waals surface area contributed by atoms with Gasteiger partial charge in [0.05, 0.1) is 12.4 Å². The first-order valence-electron chi connectivity index (χ1n) is 9.12. The number of aromatic nitrogens is 2. The fourth-order valence-corrected chi connectivity index (χ4v) is 2.79. The van der Waals surface area contributed by atoms with Crippen LogP contribution >= 0.6 is 0 Å². The minimum atomic E-state index is 0.140. The molecule has 0 saturated heterocycles. The third kappa shape index (κ3) is 4.17. The van der Waals surface area contributed by atoms with Gasteiger partial charge in [-0.2, -0.15) is 10.2 Å². The van der Waals surface area contributed by atoms with Gasteiger partial charge in [-0.1, -0.05) is 48.5 Å². The van der Waals surface area contributed by atoms with Gasteiger partial charge in [0.2, 0.25) is 0 Å². The number of aromatic hydroxyl groups is 2. The summed E-state index contributed by atoms with van der Waals surface area (Å²) in [5.41, 5.74) is 6.90. The molecule has 3 aromatic carbocycles. The zero-order valence-electron chi connectivity index (χ0n) is 15.8. The van der Waals surface area contributed by atoms with Crippen molar-refractivity contribution in [3.05, 3.63) is 83.9 Å². The molecule has 1 heterocycles. The van der Waals surface area contributed by atoms with E-state index in [1.54, 1.807) is 36.4 Å². The van der Waals surface area contributed by atoms with Crippen LogP contribution in [0.1, 0.15) is 11.1 Å². The third-order valence-electron chi connectivity index (χ3n) is 4.31. The molecule has 8 nitrogen and oxygen atoms in total. The van der Waals surface area contributed by atoms with Crippen LogP contribution < -0.4 is 10.9 Å². The number of fused-ring (bicyclic) bond motifs is 1. The molecule has 1 aromatic heterocycles. The van der Waals surface area contributed by atoms with Gasteiger partial charge in [0.1, 0.15) is 11.5 Å². The van der Waals surface area contributed by atoms with Crippen LogP contribution in [0.4, 0.5) is 11.6 Å². The lowest BCUT2D eigenvalue weighted by Gasteiger charge is -2.08. The SMILES string of the molecule is Oc1ccccc1/C=N\Nc1nnc(N/N=C\c2ccccc2O)c2ccccc12. The Kier molecular flexibility index (Phi) is 5.47. The standard InChI is InChI=1S/C22H18N6O2/c29-19-11-5-1-7-15(19)13-23-25-21-17-9-3-4-10-18(17)22(28-27-21)26-24-14-16-8-2-6-12-20(16)30/h1-14,29-30H,(H,25,27)(H,26,28)/b23-13-,24-14-. The van der Waals surface area contributed by atoms with E-state index in [-0.39, 0.29) is 11.5 Å². The molecule has 4 N–H and O–H groups in total. The molecule has 4 aromatic rings. The Balaban J connectivity index is 1.56. The van der Waals surface area contributed by atoms with Gasteiger partial charge in [-0.25, -0.2) is 0 Å². The van der Waals surface area contributed by atoms with Crippen molar-refractivity contribution in [2.24, 2.45) is 10.2 Å². The number of phenols is 2. The first-order chi connectivity index (χ1) is 14.7. The van der Waals surface area contributed by atoms with E-state index in [0.717, 1.165) is 10.8 Å². The minimum absolute atomic E-state index is 0.140. The maximum Gasteiger partial charge on any atom is 0.176 e. The van der Waals surface area contributed by atoms with E-state index < -0.39 is 0 Å². The van der Waals surface area contributed by atoms with Crippen molar-refractivity contribution in [1.82, 2.24) is 10.2 Å². The van der Waals surface area contributed by atoms with Crippen LogP contribution in [0.2, 0.25) is 0 Å². The third-order valence-corrected chi connectivity index (χ3v) is 4.31. The molecule has 0 aliphatic rings. The maximum atomic E-state index is 9.81. The first-order valence-corrected chi connectivity index (χ1v) is 9.12. The number of hydrazone groups is 2. The van der Waals surface area contributed by atoms with Crippen molar-refractivity contribution < 1.29 is 10.2 Å². The van der Waals surface area contributed by atoms with Gasteiger partial charge >= 0.3 is 0 Å². The molecule has 0 bridgehead atoms. The number of rotatable bonds is 6. The van der Waals surface area contributed by atoms with E-state index in [4.69, 9.17) is 0 Å². The van der Waals surface area contributed by atoms with Crippen LogP contribution in [0.5, 0.6) is 11.5 Å². The predicted molar refractivity (Wildman–Crippen MR) is 118 cm³/mol. The summed E-state index contributed by atoms with van der Waals surface area (Å²) < 4.78 is 0. The van der Waals surface area contributed by atoms with Gasteiger partial charge < -0.3 is 10.2 Å². The van der Waals surface area contributed by atoms with Gasteiger partial charge in [-0.05, 0) is 24.3 Å². The van der Waals surface area contributed by atoms with Crippen LogP contribution in [0.3, 0.4) is 0 Å². The average molecular weight is 398 g/mol. The van der Waals surface area contributed by atoms with Crippen LogP contribution in [0, 0.1) is 0 Å². The smallest absolute Gasteiger partial charge is 0.176 e. The summed E-state index contributed by atoms with van der Waals surface area (Å²) in [6.07, 6.45) is 3.02. The monoisotopic (exact) mass is 398 g/mol. The summed E-state index contributed by atoms with van der Waals surface area (Å²) in [6, 6.07) is 21.3. The molecule has 8 heteroatoms. The molecule has 30 heavy (non-hydrogen) atoms. The van der Waals surface area contributed by atoms with Crippen molar-refractivity contribution in [3.63, 3.8) is 0 Å². The summed E-state index contributed by atoms with van der Waals surface area (Å²) in [5.74, 6) is 1.21. The molecule has 0 aliphatic heterocycles. The Hall–Kier alpha value is -4.46. The van der Waals surface area contributed by atoms with Crippen molar-refractivity contribution >= 4 is 34.8 Å². The normalized spacial score (nSPS) is 11.3. The molecule has 4 rings (SSSR count). The molecular weight excluding hydrogens is 380 g/mol. The van der Waals surface area contributed by atoms with Crippen molar-refractivity contribution in [2.45, 2.75) is 0 Å². The molecule has 0 amide bonds. The van der Waals surface area contributed by atoms with Crippen molar-refractivity contribution in [1.29, 1.82) is 0 Å². The second kappa shape index (κ2) is 8.70. The summed E-state index contributed by atoms with van der Waals surface area (Å²) in [7, 11) is 0. The molecule has 148 valence electrons. The minimum Gasteiger partial charge on any atom is -0.507 e. The molecule has 0 saturated carbocycles. The van der Waals surface area contributed by atoms with E-state index in [9.17, 15) is 10.2 Å². The fourth-order valence-electron chi connectivity index (χ4n) is 2.79. The Morgan fingerprint density at radius 3 is 1.43 bits per heavy atom. The predicted octanol–water partition coefficient (Wildman–Crippen LogP) is 3.93. The number of hydrogen-bond donors (Lipinski definition) is 4. The Bertz CT molecular complexity index is 1140. The highest BCUT2D eigenvalue weighted by Crippen LogP contribution is 2.26. The molecule has 0 fully saturated rings. The highest BCUT2D eigenvalue weighted by Gasteiger charge is 2.08. The van der Waals surface area contributed by atoms with E-state index in [1.165, 1.54) is 12.4 Å².